The molecule has 0 radical (unpaired) electrons. The number of amides is 1. The number of fused-ring (bicyclic) bond motifs is 1. The van der Waals surface area contributed by atoms with Gasteiger partial charge in [-0.3, -0.25) is 13.9 Å². The van der Waals surface area contributed by atoms with E-state index in [0.29, 0.717) is 11.1 Å². The molecule has 0 unspecified atom stereocenters. The molecule has 6 nitrogen and oxygen atoms in total. The van der Waals surface area contributed by atoms with Crippen molar-refractivity contribution in [2.45, 2.75) is 18.7 Å². The van der Waals surface area contributed by atoms with E-state index in [4.69, 9.17) is 0 Å². The van der Waals surface area contributed by atoms with Gasteiger partial charge in [0.2, 0.25) is 5.78 Å². The Bertz CT molecular complexity index is 1330. The minimum atomic E-state index is -3.97. The molecule has 0 bridgehead atoms. The van der Waals surface area contributed by atoms with E-state index in [1.165, 1.54) is 6.07 Å². The number of rotatable bonds is 5. The van der Waals surface area contributed by atoms with E-state index in [1.54, 1.807) is 67.6 Å². The van der Waals surface area contributed by atoms with Gasteiger partial charge in [-0.25, -0.2) is 8.42 Å². The Morgan fingerprint density at radius 2 is 1.47 bits per heavy atom. The van der Waals surface area contributed by atoms with Gasteiger partial charge in [-0.1, -0.05) is 66.2 Å². The van der Waals surface area contributed by atoms with Crippen LogP contribution in [0.3, 0.4) is 0 Å². The molecular formula is C25H22N2O4S. The van der Waals surface area contributed by atoms with Crippen LogP contribution in [0.1, 0.15) is 38.8 Å². The second kappa shape index (κ2) is 8.43. The number of benzene rings is 3. The van der Waals surface area contributed by atoms with E-state index in [0.717, 1.165) is 9.87 Å². The minimum absolute atomic E-state index is 0.0362. The van der Waals surface area contributed by atoms with Gasteiger partial charge < -0.3 is 5.32 Å². The summed E-state index contributed by atoms with van der Waals surface area (Å²) in [5.74, 6) is -0.909. The third kappa shape index (κ3) is 3.71. The normalized spacial score (nSPS) is 14.6. The molecule has 162 valence electrons. The number of nitrogens with one attached hydrogen (secondary N) is 1. The van der Waals surface area contributed by atoms with Gasteiger partial charge >= 0.3 is 0 Å². The summed E-state index contributed by atoms with van der Waals surface area (Å²) in [6.45, 7) is 3.61. The largest absolute Gasteiger partial charge is 0.319 e. The number of nitrogens with zero attached hydrogens (tertiary/aromatic N) is 1. The van der Waals surface area contributed by atoms with Crippen LogP contribution in [0, 0.1) is 6.92 Å². The maximum absolute atomic E-state index is 13.5. The number of allylic oxidation sites excluding steroid dienone is 1. The Hall–Kier alpha value is -3.71. The number of ketones is 1. The molecule has 0 aromatic heterocycles. The Morgan fingerprint density at radius 3 is 2.12 bits per heavy atom. The first kappa shape index (κ1) is 21.5. The van der Waals surface area contributed by atoms with Gasteiger partial charge in [0.25, 0.3) is 15.9 Å². The fraction of sp³-hybridized carbons (Fsp3) is 0.120. The molecule has 0 saturated heterocycles. The average Bonchev–Trinajstić information content (AvgIpc) is 2.81. The molecule has 0 atom stereocenters. The molecule has 7 heteroatoms. The summed E-state index contributed by atoms with van der Waals surface area (Å²) in [5.41, 5.74) is 2.14. The van der Waals surface area contributed by atoms with E-state index in [9.17, 15) is 18.0 Å². The van der Waals surface area contributed by atoms with E-state index >= 15 is 0 Å². The number of hydrogen-bond acceptors (Lipinski definition) is 4. The highest BCUT2D eigenvalue weighted by Gasteiger charge is 2.39. The quantitative estimate of drug-likeness (QED) is 0.601. The summed E-state index contributed by atoms with van der Waals surface area (Å²) in [4.78, 5) is 26.6. The van der Waals surface area contributed by atoms with E-state index in [1.807, 2.05) is 19.1 Å². The third-order valence-electron chi connectivity index (χ3n) is 5.30. The van der Waals surface area contributed by atoms with Gasteiger partial charge in [-0.15, -0.1) is 0 Å². The zero-order valence-corrected chi connectivity index (χ0v) is 18.5. The van der Waals surface area contributed by atoms with Gasteiger partial charge in [0.1, 0.15) is 5.70 Å². The first-order chi connectivity index (χ1) is 15.3. The molecule has 3 aromatic carbocycles. The van der Waals surface area contributed by atoms with Gasteiger partial charge in [0.15, 0.2) is 0 Å². The minimum Gasteiger partial charge on any atom is -0.319 e. The Morgan fingerprint density at radius 1 is 0.844 bits per heavy atom. The summed E-state index contributed by atoms with van der Waals surface area (Å²) < 4.78 is 27.8. The fourth-order valence-corrected chi connectivity index (χ4v) is 5.38. The van der Waals surface area contributed by atoms with Crippen LogP contribution < -0.4 is 5.32 Å². The van der Waals surface area contributed by atoms with Crippen molar-refractivity contribution in [1.29, 1.82) is 0 Å². The second-order valence-corrected chi connectivity index (χ2v) is 9.24. The maximum atomic E-state index is 13.5. The van der Waals surface area contributed by atoms with Crippen molar-refractivity contribution in [1.82, 2.24) is 9.62 Å². The summed E-state index contributed by atoms with van der Waals surface area (Å²) in [5, 5.41) is 2.83. The van der Waals surface area contributed by atoms with Crippen LogP contribution >= 0.6 is 0 Å². The zero-order chi connectivity index (χ0) is 22.9. The van der Waals surface area contributed by atoms with E-state index in [-0.39, 0.29) is 28.4 Å². The van der Waals surface area contributed by atoms with Crippen LogP contribution in [0.25, 0.3) is 5.70 Å². The lowest BCUT2D eigenvalue weighted by Gasteiger charge is -2.33. The predicted octanol–water partition coefficient (Wildman–Crippen LogP) is 4.00. The Balaban J connectivity index is 1.94. The lowest BCUT2D eigenvalue weighted by molar-refractivity contribution is 0.0972. The third-order valence-corrected chi connectivity index (χ3v) is 7.23. The van der Waals surface area contributed by atoms with Crippen molar-refractivity contribution < 1.29 is 18.0 Å². The molecule has 1 heterocycles. The van der Waals surface area contributed by atoms with Gasteiger partial charge in [-0.2, -0.15) is 0 Å². The van der Waals surface area contributed by atoms with Crippen molar-refractivity contribution in [3.63, 3.8) is 0 Å². The zero-order valence-electron chi connectivity index (χ0n) is 17.7. The van der Waals surface area contributed by atoms with Crippen LogP contribution in [0.5, 0.6) is 0 Å². The topological polar surface area (TPSA) is 83.6 Å². The van der Waals surface area contributed by atoms with Crippen molar-refractivity contribution in [3.05, 3.63) is 107 Å². The van der Waals surface area contributed by atoms with Crippen LogP contribution in [-0.2, 0) is 10.0 Å². The lowest BCUT2D eigenvalue weighted by atomic mass is 10.0. The highest BCUT2D eigenvalue weighted by atomic mass is 32.2. The first-order valence-corrected chi connectivity index (χ1v) is 11.6. The fourth-order valence-electron chi connectivity index (χ4n) is 3.69. The molecule has 32 heavy (non-hydrogen) atoms. The van der Waals surface area contributed by atoms with Gasteiger partial charge in [0.05, 0.1) is 10.6 Å². The van der Waals surface area contributed by atoms with Crippen LogP contribution in [-0.4, -0.2) is 31.0 Å². The van der Waals surface area contributed by atoms with Crippen molar-refractivity contribution in [2.75, 3.05) is 6.54 Å². The Kier molecular flexibility index (Phi) is 5.67. The molecule has 4 rings (SSSR count). The van der Waals surface area contributed by atoms with Crippen LogP contribution in [0.15, 0.2) is 89.5 Å². The first-order valence-electron chi connectivity index (χ1n) is 10.2. The highest BCUT2D eigenvalue weighted by Crippen LogP contribution is 2.37. The van der Waals surface area contributed by atoms with Gasteiger partial charge in [-0.05, 0) is 32.0 Å². The SMILES string of the molecule is CCN1C(C(=O)c2ccccc2)=C(NC(=O)c2ccc(C)cc2)c2ccccc2S1(=O)=O. The summed E-state index contributed by atoms with van der Waals surface area (Å²) >= 11 is 0. The monoisotopic (exact) mass is 446 g/mol. The predicted molar refractivity (Wildman–Crippen MR) is 122 cm³/mol. The molecule has 0 saturated carbocycles. The van der Waals surface area contributed by atoms with Gasteiger partial charge in [0, 0.05) is 23.2 Å². The molecule has 0 spiro atoms. The Labute approximate surface area is 187 Å². The van der Waals surface area contributed by atoms with Crippen molar-refractivity contribution >= 4 is 27.4 Å². The molecule has 0 fully saturated rings. The molecule has 1 amide bonds. The average molecular weight is 447 g/mol. The summed E-state index contributed by atoms with van der Waals surface area (Å²) in [6.07, 6.45) is 0. The standard InChI is InChI=1S/C25H22N2O4S/c1-3-27-23(24(28)18-9-5-4-6-10-18)22(20-11-7-8-12-21(20)32(27,30)31)26-25(29)19-15-13-17(2)14-16-19/h4-16H,3H2,1-2H3,(H,26,29). The number of sulfonamides is 1. The van der Waals surface area contributed by atoms with Crippen LogP contribution in [0.4, 0.5) is 0 Å². The summed E-state index contributed by atoms with van der Waals surface area (Å²) in [6, 6.07) is 21.8. The number of likely N-dealkylation sites (N-methyl/N-ethyl adjacent to an activating group) is 1. The molecular weight excluding hydrogens is 424 g/mol. The van der Waals surface area contributed by atoms with E-state index < -0.39 is 21.7 Å². The number of hydrogen-bond donors (Lipinski definition) is 1. The van der Waals surface area contributed by atoms with E-state index in [2.05, 4.69) is 5.32 Å². The number of aryl methyl sites for hydroxylation is 1. The second-order valence-electron chi connectivity index (χ2n) is 7.40. The van der Waals surface area contributed by atoms with Crippen molar-refractivity contribution in [2.24, 2.45) is 0 Å². The number of Topliss-reactive ketones (excluding diaryl/α,β-unsaturated/α-hetero) is 1. The highest BCUT2D eigenvalue weighted by molar-refractivity contribution is 7.89. The van der Waals surface area contributed by atoms with Crippen molar-refractivity contribution in [3.8, 4) is 0 Å². The molecule has 1 N–H and O–H groups in total. The van der Waals surface area contributed by atoms with Crippen LogP contribution in [0.2, 0.25) is 0 Å². The smallest absolute Gasteiger partial charge is 0.265 e. The molecule has 0 aliphatic carbocycles. The molecule has 1 aliphatic rings. The maximum Gasteiger partial charge on any atom is 0.265 e. The number of carbonyl (C=O) groups excluding carboxylic acids is 2. The summed E-state index contributed by atoms with van der Waals surface area (Å²) in [7, 11) is -3.97. The molecule has 3 aromatic rings. The molecule has 1 aliphatic heterocycles. The lowest BCUT2D eigenvalue weighted by Crippen LogP contribution is -2.41. The number of carbonyl (C=O) groups is 2.